The van der Waals surface area contributed by atoms with Crippen molar-refractivity contribution in [1.29, 1.82) is 0 Å². The van der Waals surface area contributed by atoms with E-state index in [-0.39, 0.29) is 77.7 Å². The molecule has 16 nitrogen and oxygen atoms in total. The molecule has 16 heteroatoms. The van der Waals surface area contributed by atoms with E-state index >= 15 is 4.79 Å². The number of unbranched alkanes of at least 4 members (excludes halogenated alkanes) is 3. The molecule has 2 saturated carbocycles. The van der Waals surface area contributed by atoms with Crippen molar-refractivity contribution in [2.24, 2.45) is 17.8 Å². The van der Waals surface area contributed by atoms with Gasteiger partial charge in [0.1, 0.15) is 18.1 Å². The maximum atomic E-state index is 15.0. The number of carbonyl (C=O) groups excluding carboxylic acids is 7. The maximum Gasteiger partial charge on any atom is 0.246 e. The molecule has 4 aromatic carbocycles. The number of hydrogen-bond donors (Lipinski definition) is 7. The average Bonchev–Trinajstić information content (AvgIpc) is 2.30. The number of benzene rings is 4. The lowest BCUT2D eigenvalue weighted by molar-refractivity contribution is -0.143. The second-order valence-electron chi connectivity index (χ2n) is 25.5. The van der Waals surface area contributed by atoms with Gasteiger partial charge in [-0.1, -0.05) is 173 Å². The number of likely N-dealkylation sites (N-methyl/N-ethyl adjacent to an activating group) is 2. The summed E-state index contributed by atoms with van der Waals surface area (Å²) in [5.74, 6) is -2.70. The number of nitrogens with zero attached hydrogens (tertiary/aromatic N) is 2. The van der Waals surface area contributed by atoms with Gasteiger partial charge >= 0.3 is 0 Å². The molecule has 2 aliphatic heterocycles. The number of likely N-dealkylation sites (tertiary alicyclic amines) is 2. The number of hydrogen-bond acceptors (Lipinski definition) is 10. The summed E-state index contributed by atoms with van der Waals surface area (Å²) in [7, 11) is 3.51. The van der Waals surface area contributed by atoms with Gasteiger partial charge in [0.25, 0.3) is 0 Å². The van der Waals surface area contributed by atoms with Crippen molar-refractivity contribution in [2.75, 3.05) is 40.3 Å². The highest BCUT2D eigenvalue weighted by molar-refractivity contribution is 5.96. The van der Waals surface area contributed by atoms with E-state index in [9.17, 15) is 28.8 Å². The summed E-state index contributed by atoms with van der Waals surface area (Å²) in [5.41, 5.74) is 3.65. The standard InChI is InChI=1S/C72H101N9O7/c1-49(73-4)67(83)77-64(56-38-22-12-23-39-56)51(3)80-46-28-42-59(80)61(82)48-58(62(52-30-14-8-15-31-52)53-32-16-9-17-33-53)69(85)75-44-26-6-7-27-45-76-71(87)66(63(54-34-18-10-19-35-54)55-36-20-11-21-37-55)79-70(86)60-43-29-47-81(60)72(88)65(57-40-24-13-25-41-57)78-68(84)50(2)74-5/h8-11,14-21,30-37,49-51,56-60,62-66,73-74H,6-7,12-13,22-29,38-48H2,1-5H3,(H,75,85)(H,76,87)(H,77,83)(H,78,84)(H,79,86)/t49-,50-,51?,58-,59-,60-,64+,65-,66-/m0/s1. The molecule has 7 N–H and O–H groups in total. The van der Waals surface area contributed by atoms with Gasteiger partial charge in [0, 0.05) is 50.0 Å². The van der Waals surface area contributed by atoms with E-state index in [1.54, 1.807) is 25.9 Å². The first kappa shape index (κ1) is 67.2. The van der Waals surface area contributed by atoms with Crippen LogP contribution in [0.25, 0.3) is 0 Å². The minimum atomic E-state index is -1.02. The Morgan fingerprint density at radius 3 is 1.43 bits per heavy atom. The quantitative estimate of drug-likeness (QED) is 0.0239. The van der Waals surface area contributed by atoms with Crippen LogP contribution in [-0.2, 0) is 33.6 Å². The Balaban J connectivity index is 0.921. The van der Waals surface area contributed by atoms with Crippen molar-refractivity contribution in [3.8, 4) is 0 Å². The molecule has 88 heavy (non-hydrogen) atoms. The van der Waals surface area contributed by atoms with Crippen LogP contribution in [0.3, 0.4) is 0 Å². The fourth-order valence-electron chi connectivity index (χ4n) is 14.5. The highest BCUT2D eigenvalue weighted by Gasteiger charge is 2.45. The number of rotatable bonds is 31. The van der Waals surface area contributed by atoms with Crippen LogP contribution in [-0.4, -0.2) is 140 Å². The smallest absolute Gasteiger partial charge is 0.246 e. The highest BCUT2D eigenvalue weighted by atomic mass is 16.2. The number of ketones is 1. The van der Waals surface area contributed by atoms with E-state index in [0.717, 1.165) is 106 Å². The minimum Gasteiger partial charge on any atom is -0.356 e. The lowest BCUT2D eigenvalue weighted by atomic mass is 9.76. The zero-order valence-corrected chi connectivity index (χ0v) is 53.1. The Kier molecular flexibility index (Phi) is 26.2. The molecule has 6 amide bonds. The Labute approximate surface area is 524 Å². The third-order valence-electron chi connectivity index (χ3n) is 19.8. The molecule has 2 saturated heterocycles. The topological polar surface area (TPSA) is 210 Å². The lowest BCUT2D eigenvalue weighted by Crippen LogP contribution is -2.59. The van der Waals surface area contributed by atoms with Crippen molar-refractivity contribution in [3.05, 3.63) is 144 Å². The summed E-state index contributed by atoms with van der Waals surface area (Å²) >= 11 is 0. The second kappa shape index (κ2) is 34.3. The lowest BCUT2D eigenvalue weighted by Gasteiger charge is -2.41. The molecule has 4 aromatic rings. The summed E-state index contributed by atoms with van der Waals surface area (Å²) in [6.07, 6.45) is 15.8. The summed E-state index contributed by atoms with van der Waals surface area (Å²) in [6, 6.07) is 35.5. The predicted octanol–water partition coefficient (Wildman–Crippen LogP) is 8.69. The molecule has 0 bridgehead atoms. The van der Waals surface area contributed by atoms with E-state index in [1.807, 2.05) is 128 Å². The summed E-state index contributed by atoms with van der Waals surface area (Å²) in [4.78, 5) is 105. The van der Waals surface area contributed by atoms with Crippen LogP contribution in [0.4, 0.5) is 0 Å². The first-order valence-corrected chi connectivity index (χ1v) is 33.4. The second-order valence-corrected chi connectivity index (χ2v) is 25.5. The predicted molar refractivity (Wildman–Crippen MR) is 347 cm³/mol. The van der Waals surface area contributed by atoms with Crippen LogP contribution in [0.1, 0.15) is 177 Å². The van der Waals surface area contributed by atoms with Gasteiger partial charge in [0.05, 0.1) is 24.0 Å². The number of nitrogens with one attached hydrogen (secondary N) is 7. The van der Waals surface area contributed by atoms with Gasteiger partial charge in [-0.25, -0.2) is 0 Å². The average molecular weight is 1200 g/mol. The van der Waals surface area contributed by atoms with Crippen LogP contribution >= 0.6 is 0 Å². The van der Waals surface area contributed by atoms with Crippen LogP contribution in [0, 0.1) is 17.8 Å². The molecular weight excluding hydrogens is 1100 g/mol. The Morgan fingerprint density at radius 2 is 0.920 bits per heavy atom. The molecule has 1 unspecified atom stereocenters. The molecule has 0 aromatic heterocycles. The molecule has 476 valence electrons. The summed E-state index contributed by atoms with van der Waals surface area (Å²) < 4.78 is 0. The van der Waals surface area contributed by atoms with Gasteiger partial charge in [0.15, 0.2) is 5.78 Å². The molecular formula is C72H101N9O7. The van der Waals surface area contributed by atoms with Gasteiger partial charge in [-0.05, 0) is 140 Å². The molecule has 9 atom stereocenters. The fourth-order valence-corrected chi connectivity index (χ4v) is 14.5. The summed E-state index contributed by atoms with van der Waals surface area (Å²) in [5, 5.41) is 22.2. The van der Waals surface area contributed by atoms with Gasteiger partial charge in [-0.15, -0.1) is 0 Å². The molecule has 2 aliphatic carbocycles. The number of amides is 6. The normalized spacial score (nSPS) is 20.1. The molecule has 2 heterocycles. The molecule has 0 spiro atoms. The van der Waals surface area contributed by atoms with Crippen LogP contribution in [0.15, 0.2) is 121 Å². The van der Waals surface area contributed by atoms with Gasteiger partial charge < -0.3 is 42.1 Å². The van der Waals surface area contributed by atoms with Crippen molar-refractivity contribution < 1.29 is 33.6 Å². The maximum absolute atomic E-state index is 15.0. The SMILES string of the molecule is CN[C@@H](C)C(=O)N[C@@H](C1CCCCC1)C(C)N1CCC[C@H]1C(=O)C[C@H](C(=O)NCCCCCCNC(=O)[C@@H](NC(=O)[C@@H]1CCCN1C(=O)[C@@H](NC(=O)[C@H](C)NC)C1CCCCC1)C(c1ccccc1)c1ccccc1)C(c1ccccc1)c1ccccc1. The largest absolute Gasteiger partial charge is 0.356 e. The Morgan fingerprint density at radius 1 is 0.466 bits per heavy atom. The molecule has 8 rings (SSSR count). The van der Waals surface area contributed by atoms with E-state index in [0.29, 0.717) is 57.7 Å². The Bertz CT molecular complexity index is 2760. The van der Waals surface area contributed by atoms with E-state index in [1.165, 1.54) is 6.42 Å². The summed E-state index contributed by atoms with van der Waals surface area (Å²) in [6.45, 7) is 7.72. The van der Waals surface area contributed by atoms with Crippen molar-refractivity contribution >= 4 is 41.2 Å². The van der Waals surface area contributed by atoms with Crippen molar-refractivity contribution in [3.63, 3.8) is 0 Å². The third-order valence-corrected chi connectivity index (χ3v) is 19.8. The zero-order valence-electron chi connectivity index (χ0n) is 53.1. The monoisotopic (exact) mass is 1200 g/mol. The molecule has 4 fully saturated rings. The van der Waals surface area contributed by atoms with Gasteiger partial charge in [-0.3, -0.25) is 38.5 Å². The number of Topliss-reactive ketones (excluding diaryl/α,β-unsaturated/α-hetero) is 1. The first-order valence-electron chi connectivity index (χ1n) is 33.4. The molecule has 4 aliphatic rings. The minimum absolute atomic E-state index is 0.0292. The van der Waals surface area contributed by atoms with E-state index in [4.69, 9.17) is 0 Å². The number of carbonyl (C=O) groups is 7. The Hall–Kier alpha value is -6.75. The highest BCUT2D eigenvalue weighted by Crippen LogP contribution is 2.38. The van der Waals surface area contributed by atoms with E-state index in [2.05, 4.69) is 49.0 Å². The first-order chi connectivity index (χ1) is 42.8. The van der Waals surface area contributed by atoms with Crippen LogP contribution in [0.2, 0.25) is 0 Å². The van der Waals surface area contributed by atoms with Gasteiger partial charge in [0.2, 0.25) is 35.4 Å². The van der Waals surface area contributed by atoms with E-state index < -0.39 is 41.9 Å². The third kappa shape index (κ3) is 18.0. The zero-order chi connectivity index (χ0) is 62.4. The van der Waals surface area contributed by atoms with Crippen molar-refractivity contribution in [2.45, 2.75) is 203 Å². The molecule has 0 radical (unpaired) electrons. The van der Waals surface area contributed by atoms with Gasteiger partial charge in [-0.2, -0.15) is 0 Å². The van der Waals surface area contributed by atoms with Crippen LogP contribution in [0.5, 0.6) is 0 Å². The van der Waals surface area contributed by atoms with Crippen molar-refractivity contribution in [1.82, 2.24) is 47.0 Å². The fraction of sp³-hybridized carbons (Fsp3) is 0.569. The van der Waals surface area contributed by atoms with Crippen LogP contribution < -0.4 is 37.2 Å².